The maximum Gasteiger partial charge on any atom is 0.120 e. The van der Waals surface area contributed by atoms with Gasteiger partial charge in [0.1, 0.15) is 12.4 Å². The molecule has 19 heavy (non-hydrogen) atoms. The highest BCUT2D eigenvalue weighted by Crippen LogP contribution is 2.15. The molecule has 2 aromatic carbocycles. The number of rotatable bonds is 7. The normalized spacial score (nSPS) is 10.4. The summed E-state index contributed by atoms with van der Waals surface area (Å²) in [6.07, 6.45) is 1.04. The van der Waals surface area contributed by atoms with Gasteiger partial charge >= 0.3 is 0 Å². The molecule has 0 heterocycles. The molecule has 0 fully saturated rings. The molecule has 0 amide bonds. The number of hydrogen-bond acceptors (Lipinski definition) is 2. The minimum atomic E-state index is 0.623. The van der Waals surface area contributed by atoms with Crippen molar-refractivity contribution in [1.29, 1.82) is 0 Å². The minimum Gasteiger partial charge on any atom is -0.489 e. The Balaban J connectivity index is 1.88. The first-order valence-corrected chi connectivity index (χ1v) is 6.85. The van der Waals surface area contributed by atoms with Crippen LogP contribution in [0, 0.1) is 0 Å². The predicted octanol–water partition coefficient (Wildman–Crippen LogP) is 3.42. The van der Waals surface area contributed by atoms with E-state index in [2.05, 4.69) is 42.6 Å². The molecule has 0 atom stereocenters. The molecule has 0 saturated carbocycles. The van der Waals surface area contributed by atoms with Crippen LogP contribution in [0.3, 0.4) is 0 Å². The van der Waals surface area contributed by atoms with E-state index in [1.807, 2.05) is 24.3 Å². The fraction of sp³-hybridized carbons (Fsp3) is 0.294. The van der Waals surface area contributed by atoms with E-state index in [4.69, 9.17) is 4.74 Å². The van der Waals surface area contributed by atoms with Gasteiger partial charge in [-0.3, -0.25) is 0 Å². The molecule has 0 unspecified atom stereocenters. The van der Waals surface area contributed by atoms with Crippen LogP contribution in [0.15, 0.2) is 54.6 Å². The van der Waals surface area contributed by atoms with Crippen molar-refractivity contribution in [1.82, 2.24) is 5.32 Å². The molecule has 2 heteroatoms. The van der Waals surface area contributed by atoms with E-state index in [1.165, 1.54) is 11.1 Å². The highest BCUT2D eigenvalue weighted by Gasteiger charge is 1.98. The van der Waals surface area contributed by atoms with E-state index in [0.29, 0.717) is 6.61 Å². The van der Waals surface area contributed by atoms with E-state index in [0.717, 1.165) is 25.3 Å². The molecular weight excluding hydrogens is 234 g/mol. The molecule has 100 valence electrons. The van der Waals surface area contributed by atoms with E-state index in [-0.39, 0.29) is 0 Å². The van der Waals surface area contributed by atoms with Gasteiger partial charge in [0.05, 0.1) is 0 Å². The maximum absolute atomic E-state index is 5.82. The van der Waals surface area contributed by atoms with Crippen molar-refractivity contribution in [3.63, 3.8) is 0 Å². The molecule has 0 aliphatic heterocycles. The van der Waals surface area contributed by atoms with Crippen molar-refractivity contribution in [2.75, 3.05) is 13.1 Å². The summed E-state index contributed by atoms with van der Waals surface area (Å²) in [6.45, 7) is 4.78. The lowest BCUT2D eigenvalue weighted by Gasteiger charge is -2.08. The van der Waals surface area contributed by atoms with Crippen LogP contribution in [0.2, 0.25) is 0 Å². The molecule has 0 aromatic heterocycles. The zero-order chi connectivity index (χ0) is 13.3. The van der Waals surface area contributed by atoms with Crippen LogP contribution in [0.1, 0.15) is 18.1 Å². The molecule has 0 spiro atoms. The Morgan fingerprint density at radius 2 is 1.74 bits per heavy atom. The van der Waals surface area contributed by atoms with Gasteiger partial charge in [-0.2, -0.15) is 0 Å². The molecular formula is C17H21NO. The smallest absolute Gasteiger partial charge is 0.120 e. The van der Waals surface area contributed by atoms with Crippen LogP contribution in [0.25, 0.3) is 0 Å². The Hall–Kier alpha value is -1.80. The first kappa shape index (κ1) is 13.6. The van der Waals surface area contributed by atoms with Gasteiger partial charge in [-0.15, -0.1) is 0 Å². The highest BCUT2D eigenvalue weighted by atomic mass is 16.5. The van der Waals surface area contributed by atoms with E-state index >= 15 is 0 Å². The fourth-order valence-electron chi connectivity index (χ4n) is 1.94. The second kappa shape index (κ2) is 7.59. The average molecular weight is 255 g/mol. The summed E-state index contributed by atoms with van der Waals surface area (Å²) in [5, 5.41) is 3.33. The minimum absolute atomic E-state index is 0.623. The van der Waals surface area contributed by atoms with Crippen LogP contribution in [-0.4, -0.2) is 13.1 Å². The molecule has 2 nitrogen and oxygen atoms in total. The van der Waals surface area contributed by atoms with Gasteiger partial charge in [0.25, 0.3) is 0 Å². The predicted molar refractivity (Wildman–Crippen MR) is 79.5 cm³/mol. The number of ether oxygens (including phenoxy) is 1. The third-order valence-electron chi connectivity index (χ3n) is 2.99. The summed E-state index contributed by atoms with van der Waals surface area (Å²) in [7, 11) is 0. The van der Waals surface area contributed by atoms with Crippen LogP contribution in [-0.2, 0) is 13.0 Å². The molecule has 0 aliphatic carbocycles. The number of benzene rings is 2. The zero-order valence-electron chi connectivity index (χ0n) is 11.4. The topological polar surface area (TPSA) is 21.3 Å². The Bertz CT molecular complexity index is 482. The summed E-state index contributed by atoms with van der Waals surface area (Å²) in [4.78, 5) is 0. The summed E-state index contributed by atoms with van der Waals surface area (Å²) in [6, 6.07) is 18.6. The van der Waals surface area contributed by atoms with Gasteiger partial charge in [0, 0.05) is 0 Å². The number of nitrogens with one attached hydrogen (secondary N) is 1. The van der Waals surface area contributed by atoms with E-state index in [1.54, 1.807) is 0 Å². The quantitative estimate of drug-likeness (QED) is 0.765. The van der Waals surface area contributed by atoms with Crippen molar-refractivity contribution in [3.8, 4) is 5.75 Å². The Kier molecular flexibility index (Phi) is 5.45. The molecule has 0 radical (unpaired) electrons. The molecule has 0 saturated heterocycles. The lowest BCUT2D eigenvalue weighted by Crippen LogP contribution is -2.15. The van der Waals surface area contributed by atoms with Crippen molar-refractivity contribution in [2.45, 2.75) is 20.0 Å². The second-order valence-electron chi connectivity index (χ2n) is 4.53. The number of likely N-dealkylation sites (N-methyl/N-ethyl adjacent to an activating group) is 1. The van der Waals surface area contributed by atoms with Crippen molar-refractivity contribution in [3.05, 3.63) is 65.7 Å². The van der Waals surface area contributed by atoms with Crippen LogP contribution >= 0.6 is 0 Å². The number of hydrogen-bond donors (Lipinski definition) is 1. The Morgan fingerprint density at radius 1 is 0.947 bits per heavy atom. The van der Waals surface area contributed by atoms with Gasteiger partial charge in [-0.25, -0.2) is 0 Å². The lowest BCUT2D eigenvalue weighted by molar-refractivity contribution is 0.306. The third kappa shape index (κ3) is 4.76. The summed E-state index contributed by atoms with van der Waals surface area (Å²) >= 11 is 0. The Morgan fingerprint density at radius 3 is 2.53 bits per heavy atom. The molecule has 2 rings (SSSR count). The largest absolute Gasteiger partial charge is 0.489 e. The third-order valence-corrected chi connectivity index (χ3v) is 2.99. The molecule has 0 bridgehead atoms. The van der Waals surface area contributed by atoms with Gasteiger partial charge in [0.2, 0.25) is 0 Å². The van der Waals surface area contributed by atoms with E-state index in [9.17, 15) is 0 Å². The van der Waals surface area contributed by atoms with E-state index < -0.39 is 0 Å². The van der Waals surface area contributed by atoms with Crippen LogP contribution in [0.5, 0.6) is 5.75 Å². The SMILES string of the molecule is CCNCCc1cccc(OCc2ccccc2)c1. The van der Waals surface area contributed by atoms with Crippen molar-refractivity contribution >= 4 is 0 Å². The fourth-order valence-corrected chi connectivity index (χ4v) is 1.94. The first-order chi connectivity index (χ1) is 9.38. The van der Waals surface area contributed by atoms with Crippen molar-refractivity contribution in [2.24, 2.45) is 0 Å². The van der Waals surface area contributed by atoms with Gasteiger partial charge < -0.3 is 10.1 Å². The Labute approximate surface area is 115 Å². The summed E-state index contributed by atoms with van der Waals surface area (Å²) in [5.41, 5.74) is 2.51. The van der Waals surface area contributed by atoms with Gasteiger partial charge in [-0.1, -0.05) is 49.4 Å². The van der Waals surface area contributed by atoms with Crippen LogP contribution < -0.4 is 10.1 Å². The average Bonchev–Trinajstić information content (AvgIpc) is 2.47. The lowest BCUT2D eigenvalue weighted by atomic mass is 10.1. The summed E-state index contributed by atoms with van der Waals surface area (Å²) < 4.78 is 5.82. The molecule has 1 N–H and O–H groups in total. The standard InChI is InChI=1S/C17H21NO/c1-2-18-12-11-15-9-6-10-17(13-15)19-14-16-7-4-3-5-8-16/h3-10,13,18H,2,11-12,14H2,1H3. The molecule has 2 aromatic rings. The zero-order valence-corrected chi connectivity index (χ0v) is 11.4. The monoisotopic (exact) mass is 255 g/mol. The van der Waals surface area contributed by atoms with Gasteiger partial charge in [0.15, 0.2) is 0 Å². The summed E-state index contributed by atoms with van der Waals surface area (Å²) in [5.74, 6) is 0.942. The second-order valence-corrected chi connectivity index (χ2v) is 4.53. The maximum atomic E-state index is 5.82. The first-order valence-electron chi connectivity index (χ1n) is 6.85. The van der Waals surface area contributed by atoms with Gasteiger partial charge in [-0.05, 0) is 42.8 Å². The van der Waals surface area contributed by atoms with Crippen molar-refractivity contribution < 1.29 is 4.74 Å². The molecule has 0 aliphatic rings. The van der Waals surface area contributed by atoms with Crippen LogP contribution in [0.4, 0.5) is 0 Å². The highest BCUT2D eigenvalue weighted by molar-refractivity contribution is 5.29.